The molecule has 1 aliphatic rings. The zero-order valence-corrected chi connectivity index (χ0v) is 22.0. The molecule has 40 heavy (non-hydrogen) atoms. The van der Waals surface area contributed by atoms with E-state index < -0.39 is 17.3 Å². The van der Waals surface area contributed by atoms with Gasteiger partial charge in [-0.2, -0.15) is 5.10 Å². The number of benzene rings is 2. The Morgan fingerprint density at radius 1 is 1.00 bits per heavy atom. The number of halogens is 1. The zero-order valence-electron chi connectivity index (χ0n) is 22.0. The fraction of sp³-hybridized carbons (Fsp3) is 0.226. The number of hydrogen-bond donors (Lipinski definition) is 2. The molecule has 6 rings (SSSR count). The van der Waals surface area contributed by atoms with Crippen LogP contribution in [-0.2, 0) is 0 Å². The van der Waals surface area contributed by atoms with Gasteiger partial charge in [-0.25, -0.2) is 13.9 Å². The Bertz CT molecular complexity index is 1770. The van der Waals surface area contributed by atoms with E-state index in [-0.39, 0.29) is 17.1 Å². The maximum absolute atomic E-state index is 15.6. The summed E-state index contributed by atoms with van der Waals surface area (Å²) in [5, 5.41) is 7.11. The Hall–Kier alpha value is -4.79. The molecule has 0 bridgehead atoms. The minimum Gasteiger partial charge on any atom is -0.382 e. The van der Waals surface area contributed by atoms with Crippen molar-refractivity contribution in [3.05, 3.63) is 107 Å². The maximum Gasteiger partial charge on any atom is 0.267 e. The molecule has 202 valence electrons. The van der Waals surface area contributed by atoms with Gasteiger partial charge in [0.05, 0.1) is 0 Å². The number of carbonyl (C=O) groups excluding carboxylic acids is 1. The van der Waals surface area contributed by atoms with Crippen molar-refractivity contribution >= 4 is 22.9 Å². The van der Waals surface area contributed by atoms with E-state index in [1.807, 2.05) is 24.3 Å². The van der Waals surface area contributed by atoms with E-state index in [0.717, 1.165) is 31.4 Å². The molecule has 8 nitrogen and oxygen atoms in total. The Balaban J connectivity index is 1.31. The predicted molar refractivity (Wildman–Crippen MR) is 153 cm³/mol. The van der Waals surface area contributed by atoms with Gasteiger partial charge in [0.1, 0.15) is 23.2 Å². The summed E-state index contributed by atoms with van der Waals surface area (Å²) in [6.45, 7) is 2.27. The van der Waals surface area contributed by atoms with Crippen LogP contribution in [0.1, 0.15) is 54.6 Å². The fourth-order valence-corrected chi connectivity index (χ4v) is 5.61. The van der Waals surface area contributed by atoms with Crippen LogP contribution in [0.5, 0.6) is 0 Å². The number of amides is 1. The lowest BCUT2D eigenvalue weighted by Gasteiger charge is -2.25. The first-order valence-electron chi connectivity index (χ1n) is 13.4. The molecule has 3 heterocycles. The third kappa shape index (κ3) is 4.64. The highest BCUT2D eigenvalue weighted by molar-refractivity contribution is 6.04. The van der Waals surface area contributed by atoms with E-state index in [2.05, 4.69) is 22.3 Å². The van der Waals surface area contributed by atoms with Crippen LogP contribution < -0.4 is 16.6 Å². The van der Waals surface area contributed by atoms with E-state index in [4.69, 9.17) is 5.73 Å². The van der Waals surface area contributed by atoms with Gasteiger partial charge in [-0.1, -0.05) is 38.0 Å². The lowest BCUT2D eigenvalue weighted by molar-refractivity contribution is 0.102. The number of anilines is 2. The van der Waals surface area contributed by atoms with E-state index in [0.29, 0.717) is 34.2 Å². The molecule has 1 saturated carbocycles. The SMILES string of the molecule is CC1CCC(c2cc(-c3ccc(NC(=O)c4cccn(-c5ccccc5)c4=O)cc3F)c3c(N)ncnn23)CC1. The normalized spacial score (nSPS) is 17.1. The van der Waals surface area contributed by atoms with E-state index in [9.17, 15) is 9.59 Å². The van der Waals surface area contributed by atoms with Gasteiger partial charge >= 0.3 is 0 Å². The van der Waals surface area contributed by atoms with Crippen LogP contribution in [0.2, 0.25) is 0 Å². The fourth-order valence-electron chi connectivity index (χ4n) is 5.61. The zero-order chi connectivity index (χ0) is 27.8. The summed E-state index contributed by atoms with van der Waals surface area (Å²) in [5.74, 6) is 0.115. The summed E-state index contributed by atoms with van der Waals surface area (Å²) in [4.78, 5) is 30.2. The second kappa shape index (κ2) is 10.4. The topological polar surface area (TPSA) is 107 Å². The van der Waals surface area contributed by atoms with Gasteiger partial charge in [-0.05, 0) is 67.3 Å². The highest BCUT2D eigenvalue weighted by Crippen LogP contribution is 2.40. The molecule has 0 aliphatic heterocycles. The monoisotopic (exact) mass is 536 g/mol. The van der Waals surface area contributed by atoms with E-state index in [1.54, 1.807) is 41.0 Å². The molecule has 5 aromatic rings. The molecular formula is C31H29FN6O2. The van der Waals surface area contributed by atoms with Gasteiger partial charge in [-0.3, -0.25) is 14.2 Å². The number of fused-ring (bicyclic) bond motifs is 1. The summed E-state index contributed by atoms with van der Waals surface area (Å²) in [5.41, 5.74) is 9.12. The van der Waals surface area contributed by atoms with Crippen molar-refractivity contribution in [2.75, 3.05) is 11.1 Å². The van der Waals surface area contributed by atoms with Gasteiger partial charge < -0.3 is 11.1 Å². The van der Waals surface area contributed by atoms with Crippen LogP contribution in [0.3, 0.4) is 0 Å². The summed E-state index contributed by atoms with van der Waals surface area (Å²) < 4.78 is 18.8. The molecule has 0 unspecified atom stereocenters. The standard InChI is InChI=1S/C31H29FN6O2/c1-19-9-11-20(12-10-19)27-17-25(28-29(33)34-18-35-38(27)28)23-14-13-21(16-26(23)32)36-30(39)24-8-5-15-37(31(24)40)22-6-3-2-4-7-22/h2-8,13-20H,9-12H2,1H3,(H,36,39)(H2,33,34,35). The summed E-state index contributed by atoms with van der Waals surface area (Å²) in [7, 11) is 0. The molecule has 2 aromatic carbocycles. The largest absolute Gasteiger partial charge is 0.382 e. The van der Waals surface area contributed by atoms with Crippen molar-refractivity contribution in [3.63, 3.8) is 0 Å². The van der Waals surface area contributed by atoms with Crippen molar-refractivity contribution < 1.29 is 9.18 Å². The molecule has 0 atom stereocenters. The number of nitrogens with zero attached hydrogens (tertiary/aromatic N) is 4. The van der Waals surface area contributed by atoms with E-state index in [1.165, 1.54) is 23.0 Å². The van der Waals surface area contributed by atoms with E-state index >= 15 is 4.39 Å². The van der Waals surface area contributed by atoms with Crippen LogP contribution in [0, 0.1) is 11.7 Å². The first-order chi connectivity index (χ1) is 19.4. The minimum atomic E-state index is -0.622. The molecule has 0 spiro atoms. The molecule has 1 aliphatic carbocycles. The van der Waals surface area contributed by atoms with Crippen LogP contribution in [0.4, 0.5) is 15.9 Å². The second-order valence-electron chi connectivity index (χ2n) is 10.4. The van der Waals surface area contributed by atoms with Crippen LogP contribution in [0.25, 0.3) is 22.3 Å². The number of nitrogens with one attached hydrogen (secondary N) is 1. The number of nitrogens with two attached hydrogens (primary N) is 1. The third-order valence-corrected chi connectivity index (χ3v) is 7.79. The Morgan fingerprint density at radius 2 is 1.77 bits per heavy atom. The Labute approximate surface area is 230 Å². The van der Waals surface area contributed by atoms with Crippen molar-refractivity contribution in [1.82, 2.24) is 19.2 Å². The van der Waals surface area contributed by atoms with Crippen molar-refractivity contribution in [1.29, 1.82) is 0 Å². The van der Waals surface area contributed by atoms with Gasteiger partial charge in [0.2, 0.25) is 0 Å². The van der Waals surface area contributed by atoms with Crippen molar-refractivity contribution in [3.8, 4) is 16.8 Å². The van der Waals surface area contributed by atoms with Crippen LogP contribution in [0.15, 0.2) is 84.0 Å². The highest BCUT2D eigenvalue weighted by Gasteiger charge is 2.26. The molecule has 0 saturated heterocycles. The molecule has 1 fully saturated rings. The van der Waals surface area contributed by atoms with Gasteiger partial charge in [0.15, 0.2) is 5.82 Å². The van der Waals surface area contributed by atoms with Gasteiger partial charge in [0, 0.05) is 40.3 Å². The smallest absolute Gasteiger partial charge is 0.267 e. The molecule has 3 N–H and O–H groups in total. The lowest BCUT2D eigenvalue weighted by Crippen LogP contribution is -2.27. The number of aromatic nitrogens is 4. The second-order valence-corrected chi connectivity index (χ2v) is 10.4. The molecular weight excluding hydrogens is 507 g/mol. The summed E-state index contributed by atoms with van der Waals surface area (Å²) in [6, 6.07) is 18.5. The number of pyridine rings is 1. The first kappa shape index (κ1) is 25.5. The molecule has 3 aromatic heterocycles. The van der Waals surface area contributed by atoms with Crippen molar-refractivity contribution in [2.24, 2.45) is 5.92 Å². The van der Waals surface area contributed by atoms with Gasteiger partial charge in [0.25, 0.3) is 11.5 Å². The highest BCUT2D eigenvalue weighted by atomic mass is 19.1. The number of rotatable bonds is 5. The van der Waals surface area contributed by atoms with Crippen LogP contribution in [-0.4, -0.2) is 25.1 Å². The Kier molecular flexibility index (Phi) is 6.63. The van der Waals surface area contributed by atoms with Gasteiger partial charge in [-0.15, -0.1) is 0 Å². The molecule has 9 heteroatoms. The first-order valence-corrected chi connectivity index (χ1v) is 13.4. The quantitative estimate of drug-likeness (QED) is 0.295. The van der Waals surface area contributed by atoms with Crippen molar-refractivity contribution in [2.45, 2.75) is 38.5 Å². The van der Waals surface area contributed by atoms with Crippen LogP contribution >= 0.6 is 0 Å². The summed E-state index contributed by atoms with van der Waals surface area (Å²) >= 11 is 0. The number of carbonyl (C=O) groups is 1. The predicted octanol–water partition coefficient (Wildman–Crippen LogP) is 5.81. The Morgan fingerprint density at radius 3 is 2.52 bits per heavy atom. The number of para-hydroxylation sites is 1. The summed E-state index contributed by atoms with van der Waals surface area (Å²) in [6.07, 6.45) is 7.36. The number of hydrogen-bond acceptors (Lipinski definition) is 5. The maximum atomic E-state index is 15.6. The average molecular weight is 537 g/mol. The molecule has 0 radical (unpaired) electrons. The lowest BCUT2D eigenvalue weighted by atomic mass is 9.81. The number of nitrogen functional groups attached to an aromatic ring is 1. The average Bonchev–Trinajstić information content (AvgIpc) is 3.35. The minimum absolute atomic E-state index is 0.0503. The molecule has 1 amide bonds. The third-order valence-electron chi connectivity index (χ3n) is 7.79.